The third kappa shape index (κ3) is 4.84. The minimum absolute atomic E-state index is 0.658. The predicted octanol–water partition coefficient (Wildman–Crippen LogP) is 1.71. The predicted molar refractivity (Wildman–Crippen MR) is 29.5 cm³/mol. The Balaban J connectivity index is 4.31. The van der Waals surface area contributed by atoms with Gasteiger partial charge in [0.15, 0.2) is 0 Å². The molecule has 0 heterocycles. The quantitative estimate of drug-likeness (QED) is 0.286. The molecule has 0 amide bonds. The zero-order chi connectivity index (χ0) is 10.0. The summed E-state index contributed by atoms with van der Waals surface area (Å²) < 4.78 is 51.1. The molecule has 72 valence electrons. The van der Waals surface area contributed by atoms with Gasteiger partial charge in [0.1, 0.15) is 0 Å². The first-order valence-electron chi connectivity index (χ1n) is 2.33. The number of rotatable bonds is 1. The summed E-state index contributed by atoms with van der Waals surface area (Å²) in [5.74, 6) is -4.32. The van der Waals surface area contributed by atoms with Gasteiger partial charge in [-0.3, -0.25) is 0 Å². The van der Waals surface area contributed by atoms with Crippen LogP contribution in [0, 0.1) is 0 Å². The Morgan fingerprint density at radius 1 is 1.08 bits per heavy atom. The molecule has 0 saturated heterocycles. The summed E-state index contributed by atoms with van der Waals surface area (Å²) >= 11 is 0. The van der Waals surface area contributed by atoms with Crippen LogP contribution in [0.1, 0.15) is 0 Å². The average Bonchev–Trinajstić information content (AvgIpc) is 1.80. The van der Waals surface area contributed by atoms with Crippen molar-refractivity contribution in [1.29, 1.82) is 0 Å². The van der Waals surface area contributed by atoms with Crippen molar-refractivity contribution >= 4 is 20.0 Å². The number of ether oxygens (including phenoxy) is 1. The van der Waals surface area contributed by atoms with Crippen LogP contribution in [0.4, 0.5) is 16.8 Å². The van der Waals surface area contributed by atoms with Crippen LogP contribution >= 0.6 is 8.07 Å². The summed E-state index contributed by atoms with van der Waals surface area (Å²) in [7, 11) is -7.75. The van der Waals surface area contributed by atoms with Crippen molar-refractivity contribution in [2.24, 2.45) is 0 Å². The Kier molecular flexibility index (Phi) is 2.64. The average molecular weight is 210 g/mol. The van der Waals surface area contributed by atoms with Crippen molar-refractivity contribution < 1.29 is 35.6 Å². The van der Waals surface area contributed by atoms with E-state index < -0.39 is 20.0 Å². The van der Waals surface area contributed by atoms with Gasteiger partial charge in [0.2, 0.25) is 0 Å². The molecule has 0 rings (SSSR count). The Labute approximate surface area is 63.9 Å². The van der Waals surface area contributed by atoms with Gasteiger partial charge in [0, 0.05) is 0 Å². The van der Waals surface area contributed by atoms with Crippen LogP contribution in [0.2, 0.25) is 0 Å². The summed E-state index contributed by atoms with van der Waals surface area (Å²) in [4.78, 5) is 20.0. The van der Waals surface area contributed by atoms with Crippen molar-refractivity contribution in [3.63, 3.8) is 0 Å². The standard InChI is InChI=1S/C3H3F4O4P/c1-10-2(8)3(9)11-12(4,5,6)7/h1H3. The number of carbonyl (C=O) groups is 2. The maximum absolute atomic E-state index is 11.3. The van der Waals surface area contributed by atoms with Crippen LogP contribution in [-0.4, -0.2) is 19.0 Å². The van der Waals surface area contributed by atoms with E-state index >= 15 is 0 Å². The molecular formula is C3H3F4O4P. The fourth-order valence-electron chi connectivity index (χ4n) is 0.246. The van der Waals surface area contributed by atoms with Crippen molar-refractivity contribution in [2.45, 2.75) is 0 Å². The summed E-state index contributed by atoms with van der Waals surface area (Å²) in [6.45, 7) is 0. The molecule has 0 aromatic carbocycles. The van der Waals surface area contributed by atoms with Crippen LogP contribution in [-0.2, 0) is 18.8 Å². The number of esters is 1. The first-order valence-corrected chi connectivity index (χ1v) is 4.05. The summed E-state index contributed by atoms with van der Waals surface area (Å²) in [6, 6.07) is 0. The summed E-state index contributed by atoms with van der Waals surface area (Å²) in [6.07, 6.45) is 0. The molecule has 0 bridgehead atoms. The Morgan fingerprint density at radius 3 is 1.75 bits per heavy atom. The van der Waals surface area contributed by atoms with Crippen LogP contribution in [0.3, 0.4) is 0 Å². The third-order valence-electron chi connectivity index (χ3n) is 0.573. The molecule has 0 radical (unpaired) electrons. The van der Waals surface area contributed by atoms with Gasteiger partial charge in [0.25, 0.3) is 0 Å². The molecule has 12 heavy (non-hydrogen) atoms. The van der Waals surface area contributed by atoms with Gasteiger partial charge in [-0.05, 0) is 0 Å². The van der Waals surface area contributed by atoms with Gasteiger partial charge in [-0.2, -0.15) is 0 Å². The number of carbonyl (C=O) groups excluding carboxylic acids is 2. The number of hydrogen-bond donors (Lipinski definition) is 0. The summed E-state index contributed by atoms with van der Waals surface area (Å²) in [5.41, 5.74) is 0. The molecule has 0 unspecified atom stereocenters. The van der Waals surface area contributed by atoms with E-state index in [0.717, 1.165) is 0 Å². The van der Waals surface area contributed by atoms with Gasteiger partial charge >= 0.3 is 62.8 Å². The topological polar surface area (TPSA) is 52.6 Å². The fraction of sp³-hybridized carbons (Fsp3) is 0.333. The summed E-state index contributed by atoms with van der Waals surface area (Å²) in [5, 5.41) is 0. The molecule has 0 N–H and O–H groups in total. The van der Waals surface area contributed by atoms with Crippen molar-refractivity contribution in [1.82, 2.24) is 0 Å². The van der Waals surface area contributed by atoms with E-state index in [1.165, 1.54) is 0 Å². The SMILES string of the molecule is COC(=O)C(=O)OP(F)(F)(F)F. The zero-order valence-electron chi connectivity index (χ0n) is 5.59. The van der Waals surface area contributed by atoms with Gasteiger partial charge < -0.3 is 0 Å². The minimum atomic E-state index is -8.41. The third-order valence-corrected chi connectivity index (χ3v) is 1.01. The van der Waals surface area contributed by atoms with Gasteiger partial charge in [-0.1, -0.05) is 0 Å². The van der Waals surface area contributed by atoms with Crippen molar-refractivity contribution in [2.75, 3.05) is 7.11 Å². The normalized spacial score (nSPS) is 14.2. The van der Waals surface area contributed by atoms with Crippen LogP contribution in [0.15, 0.2) is 0 Å². The van der Waals surface area contributed by atoms with Gasteiger partial charge in [0.05, 0.1) is 0 Å². The van der Waals surface area contributed by atoms with Gasteiger partial charge in [-0.25, -0.2) is 0 Å². The molecule has 0 aromatic rings. The molecule has 0 saturated carbocycles. The Morgan fingerprint density at radius 2 is 1.50 bits per heavy atom. The zero-order valence-corrected chi connectivity index (χ0v) is 6.49. The molecule has 4 nitrogen and oxygen atoms in total. The van der Waals surface area contributed by atoms with E-state index in [2.05, 4.69) is 9.26 Å². The van der Waals surface area contributed by atoms with E-state index in [0.29, 0.717) is 7.11 Å². The van der Waals surface area contributed by atoms with Crippen molar-refractivity contribution in [3.05, 3.63) is 0 Å². The number of hydrogen-bond acceptors (Lipinski definition) is 4. The number of halogens is 4. The molecule has 0 spiro atoms. The van der Waals surface area contributed by atoms with E-state index in [9.17, 15) is 26.4 Å². The maximum atomic E-state index is 11.3. The molecule has 9 heteroatoms. The van der Waals surface area contributed by atoms with E-state index in [1.54, 1.807) is 0 Å². The van der Waals surface area contributed by atoms with Crippen molar-refractivity contribution in [3.8, 4) is 0 Å². The first kappa shape index (κ1) is 11.1. The Hall–Kier alpha value is -0.910. The van der Waals surface area contributed by atoms with Crippen LogP contribution in [0.5, 0.6) is 0 Å². The van der Waals surface area contributed by atoms with E-state index in [1.807, 2.05) is 0 Å². The number of methoxy groups -OCH3 is 1. The molecule has 0 aliphatic rings. The van der Waals surface area contributed by atoms with Gasteiger partial charge in [-0.15, -0.1) is 0 Å². The fourth-order valence-corrected chi connectivity index (χ4v) is 0.571. The second-order valence-electron chi connectivity index (χ2n) is 1.53. The molecule has 0 aliphatic heterocycles. The van der Waals surface area contributed by atoms with Crippen LogP contribution in [0.25, 0.3) is 0 Å². The van der Waals surface area contributed by atoms with E-state index in [-0.39, 0.29) is 0 Å². The molecule has 0 aromatic heterocycles. The molecule has 0 aliphatic carbocycles. The second kappa shape index (κ2) is 2.85. The first-order chi connectivity index (χ1) is 5.12. The second-order valence-corrected chi connectivity index (χ2v) is 3.03. The Bertz CT molecular complexity index is 211. The molecule has 0 atom stereocenters. The van der Waals surface area contributed by atoms with E-state index in [4.69, 9.17) is 0 Å². The monoisotopic (exact) mass is 210 g/mol. The molecule has 0 fully saturated rings. The van der Waals surface area contributed by atoms with Crippen LogP contribution < -0.4 is 0 Å². The molecular weight excluding hydrogens is 207 g/mol.